The molecule has 7 rings (SSSR count). The molecule has 2 unspecified atom stereocenters. The van der Waals surface area contributed by atoms with Gasteiger partial charge in [0.2, 0.25) is 0 Å². The molecule has 2 aromatic rings. The summed E-state index contributed by atoms with van der Waals surface area (Å²) in [5, 5.41) is 46.7. The standard InChI is InChI=1S/C19H23N3O4.C18H19N3O3.C4H8O2.IO4.Na/c1-19(26-2)3-5-22(6-4-19)18-13-8-15(17(25)11-23)21-10-12(13)7-16(24)14(18)9-20;1-18(24-2)3-5-21(6-4-18)17-14-8-13(11-22)20-10-12(14)7-16(23)15(17)9-19;5-4-2-1-3-6-4;2-1(3,4)5;/h8,10,17,23,25H,3-7,11H2,1-2H3;8,10-11H,3-7H2,1-2H3;4-5H,1-3H2;;/q;;;-1;+1. The Hall–Kier alpha value is -3.30. The quantitative estimate of drug-likeness (QED) is 0.132. The summed E-state index contributed by atoms with van der Waals surface area (Å²) in [5.74, 6) is -0.409. The summed E-state index contributed by atoms with van der Waals surface area (Å²) in [5.41, 5.74) is 4.80. The summed E-state index contributed by atoms with van der Waals surface area (Å²) < 4.78 is 50.3. The van der Waals surface area contributed by atoms with Gasteiger partial charge in [-0.05, 0) is 69.2 Å². The van der Waals surface area contributed by atoms with Gasteiger partial charge in [0.25, 0.3) is 0 Å². The van der Waals surface area contributed by atoms with Crippen molar-refractivity contribution in [1.82, 2.24) is 19.8 Å². The number of aliphatic hydroxyl groups excluding tert-OH is 3. The van der Waals surface area contributed by atoms with Crippen LogP contribution in [-0.4, -0.2) is 124 Å². The fourth-order valence-electron chi connectivity index (χ4n) is 7.38. The van der Waals surface area contributed by atoms with Gasteiger partial charge in [-0.3, -0.25) is 38.1 Å². The van der Waals surface area contributed by atoms with Crippen molar-refractivity contribution in [3.8, 4) is 12.1 Å². The summed E-state index contributed by atoms with van der Waals surface area (Å²) in [6, 6.07) is 7.48. The molecule has 0 bridgehead atoms. The molecular weight excluding hydrogens is 934 g/mol. The van der Waals surface area contributed by atoms with E-state index in [1.165, 1.54) is 0 Å². The molecule has 2 aliphatic carbocycles. The summed E-state index contributed by atoms with van der Waals surface area (Å²) in [6.45, 7) is 7.13. The number of aromatic nitrogens is 2. The number of likely N-dealkylation sites (tertiary alicyclic amines) is 2. The predicted molar refractivity (Wildman–Crippen MR) is 202 cm³/mol. The van der Waals surface area contributed by atoms with Gasteiger partial charge >= 0.3 is 29.6 Å². The van der Waals surface area contributed by atoms with Crippen LogP contribution in [0, 0.1) is 22.7 Å². The van der Waals surface area contributed by atoms with Crippen molar-refractivity contribution in [2.45, 2.75) is 88.8 Å². The van der Waals surface area contributed by atoms with Crippen molar-refractivity contribution in [3.63, 3.8) is 0 Å². The normalized spacial score (nSPS) is 20.6. The first kappa shape index (κ1) is 53.0. The van der Waals surface area contributed by atoms with E-state index in [1.807, 2.05) is 4.90 Å². The van der Waals surface area contributed by atoms with Crippen LogP contribution in [0.5, 0.6) is 0 Å². The number of methoxy groups -OCH3 is 2. The van der Waals surface area contributed by atoms with E-state index in [2.05, 4.69) is 40.9 Å². The third-order valence-corrected chi connectivity index (χ3v) is 11.3. The number of hydrogen-bond donors (Lipinski definition) is 3. The average molecular weight is 985 g/mol. The minimum atomic E-state index is -5.94. The Bertz CT molecular complexity index is 2050. The maximum absolute atomic E-state index is 12.5. The fraction of sp³-hybridized carbons (Fsp3) is 0.537. The van der Waals surface area contributed by atoms with Gasteiger partial charge in [0.15, 0.2) is 24.1 Å². The number of piperidine rings is 2. The fourth-order valence-corrected chi connectivity index (χ4v) is 7.38. The first-order valence-corrected chi connectivity index (χ1v) is 22.9. The van der Waals surface area contributed by atoms with Gasteiger partial charge in [0.1, 0.15) is 55.2 Å². The second-order valence-corrected chi connectivity index (χ2v) is 17.5. The van der Waals surface area contributed by atoms with E-state index in [4.69, 9.17) is 33.1 Å². The van der Waals surface area contributed by atoms with Crippen molar-refractivity contribution in [3.05, 3.63) is 69.3 Å². The average Bonchev–Trinajstić information content (AvgIpc) is 3.73. The third-order valence-electron chi connectivity index (χ3n) is 11.3. The molecule has 3 N–H and O–H groups in total. The van der Waals surface area contributed by atoms with E-state index in [-0.39, 0.29) is 76.3 Å². The molecule has 3 fully saturated rings. The van der Waals surface area contributed by atoms with Crippen molar-refractivity contribution in [2.75, 3.05) is 53.6 Å². The van der Waals surface area contributed by atoms with Gasteiger partial charge in [-0.25, -0.2) is 0 Å². The molecule has 0 spiro atoms. The Balaban J connectivity index is 0.000000262. The summed E-state index contributed by atoms with van der Waals surface area (Å²) >= 11 is -5.94. The maximum Gasteiger partial charge on any atom is 1.00 e. The number of nitrogens with zero attached hydrogens (tertiary/aromatic N) is 6. The SMILES string of the molecule is COC1(C)CCN(C2=C(C#N)C(=O)Cc3cnc(C(O)CO)cc32)CC1.COC1(C)CCN(C2=C(C#N)C(=O)Cc3cnc(C=O)cc32)CC1.OC1CCCO1.[Na+].[O-][I+3]([O-])([O-])[O-]. The number of carbonyl (C=O) groups is 3. The Morgan fingerprint density at radius 3 is 1.66 bits per heavy atom. The first-order valence-electron chi connectivity index (χ1n) is 19.4. The van der Waals surface area contributed by atoms with Gasteiger partial charge < -0.3 is 39.3 Å². The Morgan fingerprint density at radius 1 is 0.887 bits per heavy atom. The number of pyridine rings is 2. The van der Waals surface area contributed by atoms with E-state index in [0.717, 1.165) is 67.4 Å². The van der Waals surface area contributed by atoms with E-state index >= 15 is 0 Å². The van der Waals surface area contributed by atoms with Crippen LogP contribution in [0.2, 0.25) is 0 Å². The van der Waals surface area contributed by atoms with Crippen LogP contribution in [0.4, 0.5) is 0 Å². The van der Waals surface area contributed by atoms with Crippen LogP contribution >= 0.6 is 0 Å². The summed E-state index contributed by atoms with van der Waals surface area (Å²) in [6.07, 6.45) is 7.53. The molecular formula is C41H50IN6NaO13. The van der Waals surface area contributed by atoms with Crippen LogP contribution in [0.3, 0.4) is 0 Å². The molecule has 62 heavy (non-hydrogen) atoms. The Labute approximate surface area is 388 Å². The van der Waals surface area contributed by atoms with E-state index < -0.39 is 39.1 Å². The molecule has 2 aromatic heterocycles. The number of rotatable bonds is 7. The molecule has 330 valence electrons. The van der Waals surface area contributed by atoms with E-state index in [0.29, 0.717) is 55.2 Å². The van der Waals surface area contributed by atoms with Gasteiger partial charge in [0.05, 0.1) is 34.9 Å². The number of ketones is 2. The first-order chi connectivity index (χ1) is 28.8. The second-order valence-electron chi connectivity index (χ2n) is 15.3. The second kappa shape index (κ2) is 23.6. The summed E-state index contributed by atoms with van der Waals surface area (Å²) in [4.78, 5) is 48.2. The number of allylic oxidation sites excluding steroid dienone is 2. The molecule has 0 amide bonds. The number of carbonyl (C=O) groups excluding carboxylic acids is 3. The number of fused-ring (bicyclic) bond motifs is 2. The zero-order valence-corrected chi connectivity index (χ0v) is 39.6. The molecule has 21 heteroatoms. The van der Waals surface area contributed by atoms with Crippen LogP contribution < -0.4 is 63.4 Å². The molecule has 5 heterocycles. The molecule has 3 saturated heterocycles. The van der Waals surface area contributed by atoms with Gasteiger partial charge in [-0.1, -0.05) is 0 Å². The molecule has 0 radical (unpaired) electrons. The van der Waals surface area contributed by atoms with Crippen LogP contribution in [-0.2, 0) is 36.6 Å². The largest absolute Gasteiger partial charge is 1.00 e. The van der Waals surface area contributed by atoms with Crippen molar-refractivity contribution < 1.29 is 107 Å². The zero-order chi connectivity index (χ0) is 45.1. The van der Waals surface area contributed by atoms with Gasteiger partial charge in [-0.2, -0.15) is 10.5 Å². The third kappa shape index (κ3) is 14.1. The number of aliphatic hydroxyl groups is 3. The van der Waals surface area contributed by atoms with Crippen molar-refractivity contribution >= 4 is 29.2 Å². The van der Waals surface area contributed by atoms with E-state index in [1.54, 1.807) is 38.7 Å². The number of aldehydes is 1. The Kier molecular flexibility index (Phi) is 20.2. The number of ether oxygens (including phenoxy) is 3. The molecule has 5 aliphatic rings. The van der Waals surface area contributed by atoms with Crippen LogP contribution in [0.1, 0.15) is 96.9 Å². The molecule has 3 aliphatic heterocycles. The Morgan fingerprint density at radius 2 is 1.32 bits per heavy atom. The van der Waals surface area contributed by atoms with Crippen molar-refractivity contribution in [1.29, 1.82) is 10.5 Å². The number of Topliss-reactive ketones (excluding diaryl/α,β-unsaturated/α-hetero) is 2. The number of nitriles is 2. The topological polar surface area (TPSA) is 312 Å². The smallest absolute Gasteiger partial charge is 0.393 e. The molecule has 0 saturated carbocycles. The van der Waals surface area contributed by atoms with E-state index in [9.17, 15) is 35.1 Å². The monoisotopic (exact) mass is 984 g/mol. The van der Waals surface area contributed by atoms with Crippen LogP contribution in [0.25, 0.3) is 11.4 Å². The zero-order valence-electron chi connectivity index (χ0n) is 35.4. The molecule has 0 aromatic carbocycles. The molecule has 2 atom stereocenters. The van der Waals surface area contributed by atoms with Crippen molar-refractivity contribution in [2.24, 2.45) is 0 Å². The van der Waals surface area contributed by atoms with Crippen LogP contribution in [0.15, 0.2) is 35.7 Å². The number of halogens is 1. The minimum Gasteiger partial charge on any atom is -0.393 e. The van der Waals surface area contributed by atoms with Gasteiger partial charge in [-0.15, -0.1) is 0 Å². The maximum atomic E-state index is 12.5. The minimum absolute atomic E-state index is 0. The summed E-state index contributed by atoms with van der Waals surface area (Å²) in [7, 11) is 3.40. The predicted octanol–water partition coefficient (Wildman–Crippen LogP) is -7.91. The number of hydrogen-bond acceptors (Lipinski definition) is 19. The molecule has 19 nitrogen and oxygen atoms in total. The van der Waals surface area contributed by atoms with Gasteiger partial charge in [0, 0.05) is 89.8 Å².